The van der Waals surface area contributed by atoms with E-state index >= 15 is 0 Å². The highest BCUT2D eigenvalue weighted by Gasteiger charge is 2.35. The summed E-state index contributed by atoms with van der Waals surface area (Å²) in [4.78, 5) is 0. The molecule has 0 aromatic heterocycles. The smallest absolute Gasteiger partial charge is 0.419 e. The third-order valence-electron chi connectivity index (χ3n) is 4.22. The molecule has 0 heterocycles. The van der Waals surface area contributed by atoms with E-state index in [2.05, 4.69) is 5.32 Å². The molecule has 1 N–H and O–H groups in total. The van der Waals surface area contributed by atoms with Crippen molar-refractivity contribution in [3.05, 3.63) is 29.3 Å². The van der Waals surface area contributed by atoms with E-state index in [1.165, 1.54) is 12.1 Å². The Morgan fingerprint density at radius 3 is 2.48 bits per heavy atom. The number of halogens is 3. The SMILES string of the molecule is FC(F)(F)c1cc(CNC2CC2)ccc1OCC1CCC1. The van der Waals surface area contributed by atoms with Crippen molar-refractivity contribution < 1.29 is 17.9 Å². The van der Waals surface area contributed by atoms with Crippen molar-refractivity contribution in [3.8, 4) is 5.75 Å². The summed E-state index contributed by atoms with van der Waals surface area (Å²) in [5.74, 6) is 0.381. The standard InChI is InChI=1S/C16H20F3NO/c17-16(18,19)14-8-12(9-20-13-5-6-13)4-7-15(14)21-10-11-2-1-3-11/h4,7-8,11,13,20H,1-3,5-6,9-10H2. The molecule has 3 rings (SSSR count). The van der Waals surface area contributed by atoms with E-state index in [4.69, 9.17) is 4.74 Å². The second kappa shape index (κ2) is 5.87. The van der Waals surface area contributed by atoms with Crippen molar-refractivity contribution in [1.29, 1.82) is 0 Å². The first-order valence-electron chi connectivity index (χ1n) is 7.58. The second-order valence-corrected chi connectivity index (χ2v) is 6.09. The van der Waals surface area contributed by atoms with E-state index < -0.39 is 11.7 Å². The summed E-state index contributed by atoms with van der Waals surface area (Å²) in [6.45, 7) is 0.874. The van der Waals surface area contributed by atoms with Crippen molar-refractivity contribution in [3.63, 3.8) is 0 Å². The lowest BCUT2D eigenvalue weighted by Gasteiger charge is -2.26. The largest absolute Gasteiger partial charge is 0.493 e. The molecule has 5 heteroatoms. The van der Waals surface area contributed by atoms with Gasteiger partial charge in [-0.1, -0.05) is 12.5 Å². The van der Waals surface area contributed by atoms with Gasteiger partial charge in [-0.05, 0) is 49.3 Å². The number of ether oxygens (including phenoxy) is 1. The van der Waals surface area contributed by atoms with Gasteiger partial charge in [0.15, 0.2) is 0 Å². The molecule has 2 aliphatic carbocycles. The highest BCUT2D eigenvalue weighted by Crippen LogP contribution is 2.38. The van der Waals surface area contributed by atoms with Crippen molar-refractivity contribution in [2.24, 2.45) is 5.92 Å². The molecule has 116 valence electrons. The monoisotopic (exact) mass is 299 g/mol. The van der Waals surface area contributed by atoms with Crippen molar-refractivity contribution in [1.82, 2.24) is 5.32 Å². The molecule has 2 saturated carbocycles. The van der Waals surface area contributed by atoms with Gasteiger partial charge >= 0.3 is 6.18 Å². The fraction of sp³-hybridized carbons (Fsp3) is 0.625. The fourth-order valence-corrected chi connectivity index (χ4v) is 2.45. The zero-order chi connectivity index (χ0) is 14.9. The van der Waals surface area contributed by atoms with Gasteiger partial charge < -0.3 is 10.1 Å². The van der Waals surface area contributed by atoms with Crippen LogP contribution in [0.4, 0.5) is 13.2 Å². The van der Waals surface area contributed by atoms with Crippen molar-refractivity contribution in [2.75, 3.05) is 6.61 Å². The Morgan fingerprint density at radius 1 is 1.14 bits per heavy atom. The number of alkyl halides is 3. The lowest BCUT2D eigenvalue weighted by molar-refractivity contribution is -0.139. The van der Waals surface area contributed by atoms with Gasteiger partial charge in [0.2, 0.25) is 0 Å². The van der Waals surface area contributed by atoms with Gasteiger partial charge in [-0.3, -0.25) is 0 Å². The minimum absolute atomic E-state index is 0.0374. The Bertz CT molecular complexity index is 493. The van der Waals surface area contributed by atoms with Crippen LogP contribution in [0.15, 0.2) is 18.2 Å². The van der Waals surface area contributed by atoms with Crippen LogP contribution in [-0.2, 0) is 12.7 Å². The molecule has 21 heavy (non-hydrogen) atoms. The van der Waals surface area contributed by atoms with E-state index in [0.717, 1.165) is 32.1 Å². The zero-order valence-corrected chi connectivity index (χ0v) is 11.9. The molecule has 0 unspecified atom stereocenters. The van der Waals surface area contributed by atoms with Crippen LogP contribution in [0, 0.1) is 5.92 Å². The molecule has 0 saturated heterocycles. The van der Waals surface area contributed by atoms with E-state index in [0.29, 0.717) is 30.7 Å². The van der Waals surface area contributed by atoms with Crippen molar-refractivity contribution >= 4 is 0 Å². The van der Waals surface area contributed by atoms with Gasteiger partial charge in [-0.15, -0.1) is 0 Å². The quantitative estimate of drug-likeness (QED) is 0.852. The Balaban J connectivity index is 1.70. The third kappa shape index (κ3) is 3.90. The fourth-order valence-electron chi connectivity index (χ4n) is 2.45. The zero-order valence-electron chi connectivity index (χ0n) is 11.9. The number of benzene rings is 1. The maximum atomic E-state index is 13.2. The first-order valence-corrected chi connectivity index (χ1v) is 7.58. The Kier molecular flexibility index (Phi) is 4.11. The Morgan fingerprint density at radius 2 is 1.90 bits per heavy atom. The summed E-state index contributed by atoms with van der Waals surface area (Å²) in [6, 6.07) is 4.88. The highest BCUT2D eigenvalue weighted by molar-refractivity contribution is 5.39. The molecular formula is C16H20F3NO. The molecule has 0 aliphatic heterocycles. The maximum absolute atomic E-state index is 13.2. The summed E-state index contributed by atoms with van der Waals surface area (Å²) >= 11 is 0. The lowest BCUT2D eigenvalue weighted by atomic mass is 9.86. The van der Waals surface area contributed by atoms with E-state index in [9.17, 15) is 13.2 Å². The van der Waals surface area contributed by atoms with Gasteiger partial charge in [0.05, 0.1) is 12.2 Å². The molecule has 1 aromatic rings. The van der Waals surface area contributed by atoms with Crippen LogP contribution in [0.5, 0.6) is 5.75 Å². The molecule has 0 radical (unpaired) electrons. The number of hydrogen-bond donors (Lipinski definition) is 1. The molecule has 0 atom stereocenters. The minimum Gasteiger partial charge on any atom is -0.493 e. The molecule has 1 aromatic carbocycles. The number of nitrogens with one attached hydrogen (secondary N) is 1. The van der Waals surface area contributed by atoms with Gasteiger partial charge in [0.25, 0.3) is 0 Å². The second-order valence-electron chi connectivity index (χ2n) is 6.09. The molecule has 0 bridgehead atoms. The van der Waals surface area contributed by atoms with Crippen LogP contribution in [0.25, 0.3) is 0 Å². The average molecular weight is 299 g/mol. The first-order chi connectivity index (χ1) is 10.0. The Labute approximate surface area is 122 Å². The van der Waals surface area contributed by atoms with Gasteiger partial charge in [0.1, 0.15) is 5.75 Å². The topological polar surface area (TPSA) is 21.3 Å². The van der Waals surface area contributed by atoms with E-state index in [1.807, 2.05) is 0 Å². The number of hydrogen-bond acceptors (Lipinski definition) is 2. The predicted molar refractivity (Wildman–Crippen MR) is 74.1 cm³/mol. The van der Waals surface area contributed by atoms with Gasteiger partial charge in [0, 0.05) is 12.6 Å². The average Bonchev–Trinajstić information content (AvgIpc) is 3.18. The highest BCUT2D eigenvalue weighted by atomic mass is 19.4. The first kappa shape index (κ1) is 14.7. The maximum Gasteiger partial charge on any atom is 0.419 e. The van der Waals surface area contributed by atoms with Crippen LogP contribution in [-0.4, -0.2) is 12.6 Å². The molecule has 2 fully saturated rings. The van der Waals surface area contributed by atoms with Crippen molar-refractivity contribution in [2.45, 2.75) is 50.9 Å². The van der Waals surface area contributed by atoms with Crippen LogP contribution in [0.3, 0.4) is 0 Å². The summed E-state index contributed by atoms with van der Waals surface area (Å²) < 4.78 is 44.9. The minimum atomic E-state index is -4.37. The predicted octanol–water partition coefficient (Wildman–Crippen LogP) is 4.14. The molecule has 2 aliphatic rings. The summed E-state index contributed by atoms with van der Waals surface area (Å²) in [6.07, 6.45) is 1.15. The van der Waals surface area contributed by atoms with E-state index in [-0.39, 0.29) is 5.75 Å². The van der Waals surface area contributed by atoms with Crippen LogP contribution in [0.1, 0.15) is 43.2 Å². The molecular weight excluding hydrogens is 279 g/mol. The van der Waals surface area contributed by atoms with Crippen LogP contribution in [0.2, 0.25) is 0 Å². The lowest BCUT2D eigenvalue weighted by Crippen LogP contribution is -2.21. The summed E-state index contributed by atoms with van der Waals surface area (Å²) in [5, 5.41) is 3.23. The van der Waals surface area contributed by atoms with Gasteiger partial charge in [-0.25, -0.2) is 0 Å². The van der Waals surface area contributed by atoms with E-state index in [1.54, 1.807) is 6.07 Å². The van der Waals surface area contributed by atoms with Gasteiger partial charge in [-0.2, -0.15) is 13.2 Å². The molecule has 2 nitrogen and oxygen atoms in total. The molecule has 0 spiro atoms. The molecule has 0 amide bonds. The van der Waals surface area contributed by atoms with Crippen LogP contribution < -0.4 is 10.1 Å². The summed E-state index contributed by atoms with van der Waals surface area (Å²) in [7, 11) is 0. The number of rotatable bonds is 6. The third-order valence-corrected chi connectivity index (χ3v) is 4.22. The van der Waals surface area contributed by atoms with Crippen LogP contribution >= 0.6 is 0 Å². The summed E-state index contributed by atoms with van der Waals surface area (Å²) in [5.41, 5.74) is 0.00198. The Hall–Kier alpha value is -1.23. The normalized spacial score (nSPS) is 19.4.